The minimum atomic E-state index is -2.30. The zero-order valence-corrected chi connectivity index (χ0v) is 76.9. The van der Waals surface area contributed by atoms with Gasteiger partial charge in [-0.25, -0.2) is 10.2 Å². The van der Waals surface area contributed by atoms with E-state index >= 15 is 0 Å². The van der Waals surface area contributed by atoms with Gasteiger partial charge in [-0.3, -0.25) is 97.6 Å². The summed E-state index contributed by atoms with van der Waals surface area (Å²) in [4.78, 5) is 262. The van der Waals surface area contributed by atoms with Crippen LogP contribution < -0.4 is 119 Å². The van der Waals surface area contributed by atoms with Gasteiger partial charge in [0.2, 0.25) is 94.5 Å². The van der Waals surface area contributed by atoms with E-state index in [2.05, 4.69) is 74.5 Å². The van der Waals surface area contributed by atoms with Gasteiger partial charge in [-0.1, -0.05) is 96.1 Å². The number of aromatic hydroxyl groups is 2. The van der Waals surface area contributed by atoms with Gasteiger partial charge in [-0.2, -0.15) is 0 Å². The van der Waals surface area contributed by atoms with Gasteiger partial charge in [0.1, 0.15) is 102 Å². The van der Waals surface area contributed by atoms with Gasteiger partial charge in [0.25, 0.3) is 0 Å². The lowest BCUT2D eigenvalue weighted by molar-refractivity contribution is -0.143. The fourth-order valence-electron chi connectivity index (χ4n) is 13.5. The average Bonchev–Trinajstić information content (AvgIpc) is 0.845. The van der Waals surface area contributed by atoms with Crippen LogP contribution in [-0.4, -0.2) is 307 Å². The molecule has 37 N–H and O–H groups in total. The molecule has 51 nitrogen and oxygen atoms in total. The SMILES string of the molecule is CC(C)C[C@H](NN)C(=O)NC(Cc1ccc(O)cc1)C(=O)N[C@@H](Cc1ccccc1)C(=O)NC(CC(=O)O)C(=O)N[C@@H](CC(=O)O)C(=O)NC(CO)C(=O)N[C@@H](CO)C(=O)NC(CC(N)=O)C(=O)N[C@H](C(=O)NC(CO)C(=O)N[C@@H](CC(C)C)C(=O)NC(CCCCN)C(=O)N[C@@H](CCCCN)C(=O)NC(Cc1ccc(O)cc1)C(=O)N[C@@H](CCCNC(=N)N)C(=O)NC(CO)C(=O)O)C(C)C. The largest absolute Gasteiger partial charge is 0.508 e. The van der Waals surface area contributed by atoms with Crippen LogP contribution in [0.25, 0.3) is 0 Å². The summed E-state index contributed by atoms with van der Waals surface area (Å²) in [6, 6.07) is -9.51. The molecule has 3 aromatic rings. The molecule has 0 radical (unpaired) electrons. The third kappa shape index (κ3) is 43.6. The van der Waals surface area contributed by atoms with Gasteiger partial charge in [0.05, 0.1) is 51.7 Å². The molecule has 0 aliphatic carbocycles. The van der Waals surface area contributed by atoms with Crippen LogP contribution in [-0.2, 0) is 110 Å². The van der Waals surface area contributed by atoms with Gasteiger partial charge < -0.3 is 154 Å². The predicted octanol–water partition coefficient (Wildman–Crippen LogP) is -9.62. The number of amides is 16. The van der Waals surface area contributed by atoms with Crippen LogP contribution in [0.15, 0.2) is 78.9 Å². The molecule has 0 aliphatic rings. The highest BCUT2D eigenvalue weighted by Gasteiger charge is 2.41. The number of hydrogen-bond donors (Lipinski definition) is 32. The Balaban J connectivity index is 1.88. The van der Waals surface area contributed by atoms with E-state index in [1.807, 2.05) is 29.8 Å². The third-order valence-corrected chi connectivity index (χ3v) is 20.8. The zero-order valence-electron chi connectivity index (χ0n) is 76.9. The van der Waals surface area contributed by atoms with E-state index in [4.69, 9.17) is 34.2 Å². The second-order valence-electron chi connectivity index (χ2n) is 33.5. The number of aliphatic carboxylic acids is 3. The summed E-state index contributed by atoms with van der Waals surface area (Å²) < 4.78 is 0. The van der Waals surface area contributed by atoms with Gasteiger partial charge in [0.15, 0.2) is 5.96 Å². The first-order valence-electron chi connectivity index (χ1n) is 44.2. The summed E-state index contributed by atoms with van der Waals surface area (Å²) in [5.74, 6) is -20.8. The van der Waals surface area contributed by atoms with Crippen molar-refractivity contribution in [2.45, 2.75) is 241 Å². The summed E-state index contributed by atoms with van der Waals surface area (Å²) in [5.41, 5.74) is 26.1. The number of nitrogens with two attached hydrogens (primary N) is 5. The Labute approximate surface area is 788 Å². The molecule has 0 fully saturated rings. The van der Waals surface area contributed by atoms with E-state index in [0.717, 1.165) is 0 Å². The van der Waals surface area contributed by atoms with Crippen LogP contribution in [0, 0.1) is 23.2 Å². The van der Waals surface area contributed by atoms with Crippen molar-refractivity contribution in [3.8, 4) is 11.5 Å². The Morgan fingerprint density at radius 1 is 0.321 bits per heavy atom. The van der Waals surface area contributed by atoms with Crippen LogP contribution in [0.5, 0.6) is 11.5 Å². The minimum Gasteiger partial charge on any atom is -0.508 e. The Hall–Kier alpha value is -13.9. The van der Waals surface area contributed by atoms with E-state index in [-0.39, 0.29) is 108 Å². The number of nitrogens with one attached hydrogen (secondary N) is 18. The molecule has 16 amide bonds. The molecule has 0 aliphatic heterocycles. The molecule has 8 unspecified atom stereocenters. The molecule has 0 saturated carbocycles. The lowest BCUT2D eigenvalue weighted by atomic mass is 10.00. The molecule has 3 aromatic carbocycles. The fraction of sp³-hybridized carbons (Fsp3) is 0.558. The van der Waals surface area contributed by atoms with Crippen molar-refractivity contribution in [3.63, 3.8) is 0 Å². The second kappa shape index (κ2) is 61.2. The number of aliphatic hydroxyl groups is 4. The molecule has 51 heteroatoms. The highest BCUT2D eigenvalue weighted by molar-refractivity contribution is 6.02. The highest BCUT2D eigenvalue weighted by atomic mass is 16.4. The van der Waals surface area contributed by atoms with Crippen LogP contribution in [0.3, 0.4) is 0 Å². The van der Waals surface area contributed by atoms with Gasteiger partial charge in [0, 0.05) is 25.8 Å². The molecular formula is C86H133N23O28. The van der Waals surface area contributed by atoms with E-state index < -0.39 is 273 Å². The maximum absolute atomic E-state index is 14.6. The number of carboxylic acids is 3. The number of unbranched alkanes of at least 4 members (excludes halogenated alkanes) is 2. The number of carboxylic acid groups (broad SMARTS) is 3. The first-order valence-corrected chi connectivity index (χ1v) is 44.2. The summed E-state index contributed by atoms with van der Waals surface area (Å²) in [6.45, 7) is 4.95. The molecule has 0 spiro atoms. The number of hydrazine groups is 1. The van der Waals surface area contributed by atoms with Gasteiger partial charge in [-0.15, -0.1) is 0 Å². The number of carbonyl (C=O) groups excluding carboxylic acids is 16. The number of aliphatic hydroxyl groups excluding tert-OH is 4. The number of rotatable bonds is 65. The van der Waals surface area contributed by atoms with Crippen molar-refractivity contribution in [3.05, 3.63) is 95.6 Å². The van der Waals surface area contributed by atoms with Gasteiger partial charge >= 0.3 is 17.9 Å². The smallest absolute Gasteiger partial charge is 0.328 e. The van der Waals surface area contributed by atoms with Gasteiger partial charge in [-0.05, 0) is 136 Å². The number of phenolic OH excluding ortho intramolecular Hbond substituents is 2. The molecule has 3 rings (SSSR count). The van der Waals surface area contributed by atoms with Crippen molar-refractivity contribution in [2.24, 2.45) is 46.5 Å². The standard InChI is InChI=1S/C86H133N23O28/c1-43(2)31-54(73(124)95-51(17-10-12-28-87)70(121)94-52(18-11-13-29-88)71(122)98-56(34-47-20-24-49(114)25-21-47)74(125)96-53(19-14-30-93-86(90)91)72(123)107-65(42-113)85(136)137)97-82(133)64(41-112)106-84(135)69(45(5)6)108-79(130)58(36-66(89)116)101-81(132)62(39-110)105-83(134)63(40-111)104-78(129)60(38-68(119)120)103-77(128)59(37-67(117)118)102-76(127)55(33-46-15-8-7-9-16-46)99-75(126)57(35-48-22-26-50(115)27-23-48)100-80(131)61(109-92)32-44(3)4/h7-9,15-16,20-27,43-45,51-65,69,109-115H,10-14,17-19,28-42,87-88,92H2,1-6H3,(H2,89,116)(H,94,121)(H,95,124)(H,96,125)(H,97,133)(H,98,122)(H,99,126)(H,100,131)(H,101,132)(H,102,127)(H,103,128)(H,104,129)(H,105,134)(H,106,135)(H,107,123)(H,108,130)(H,117,118)(H,119,120)(H,136,137)(H4,90,91,93)/t51?,52-,53-,54-,55-,56?,57?,58?,59?,60-,61-,62-,63?,64?,65?,69-/m0/s1. The highest BCUT2D eigenvalue weighted by Crippen LogP contribution is 2.19. The van der Waals surface area contributed by atoms with Crippen molar-refractivity contribution < 1.29 is 137 Å². The maximum Gasteiger partial charge on any atom is 0.328 e. The number of primary amides is 1. The quantitative estimate of drug-likeness (QED) is 0.00820. The molecule has 0 aromatic heterocycles. The lowest BCUT2D eigenvalue weighted by Crippen LogP contribution is -2.62. The third-order valence-electron chi connectivity index (χ3n) is 20.8. The number of phenols is 2. The summed E-state index contributed by atoms with van der Waals surface area (Å²) >= 11 is 0. The fourth-order valence-corrected chi connectivity index (χ4v) is 13.5. The summed E-state index contributed by atoms with van der Waals surface area (Å²) in [5, 5.41) is 136. The molecule has 0 bridgehead atoms. The average molecular weight is 1940 g/mol. The maximum atomic E-state index is 14.6. The van der Waals surface area contributed by atoms with Crippen LogP contribution in [0.4, 0.5) is 0 Å². The van der Waals surface area contributed by atoms with E-state index in [0.29, 0.717) is 29.5 Å². The predicted molar refractivity (Wildman–Crippen MR) is 487 cm³/mol. The van der Waals surface area contributed by atoms with Crippen LogP contribution in [0.1, 0.15) is 142 Å². The molecule has 16 atom stereocenters. The summed E-state index contributed by atoms with van der Waals surface area (Å²) in [6.07, 6.45) is -3.99. The molecule has 0 heterocycles. The lowest BCUT2D eigenvalue weighted by Gasteiger charge is -2.29. The molecule has 0 saturated heterocycles. The Morgan fingerprint density at radius 2 is 0.599 bits per heavy atom. The van der Waals surface area contributed by atoms with Crippen molar-refractivity contribution in [1.29, 1.82) is 5.41 Å². The Kier molecular flexibility index (Phi) is 52.4. The molecule has 760 valence electrons. The first-order chi connectivity index (χ1) is 64.7. The van der Waals surface area contributed by atoms with Crippen LogP contribution >= 0.6 is 0 Å². The van der Waals surface area contributed by atoms with E-state index in [1.54, 1.807) is 44.2 Å². The van der Waals surface area contributed by atoms with E-state index in [1.165, 1.54) is 62.4 Å². The van der Waals surface area contributed by atoms with E-state index in [9.17, 15) is 137 Å². The summed E-state index contributed by atoms with van der Waals surface area (Å²) in [7, 11) is 0. The van der Waals surface area contributed by atoms with Crippen LogP contribution in [0.2, 0.25) is 0 Å². The number of hydrogen-bond acceptors (Lipinski definition) is 30. The molecule has 137 heavy (non-hydrogen) atoms. The zero-order chi connectivity index (χ0) is 103. The Morgan fingerprint density at radius 3 is 0.927 bits per heavy atom. The first kappa shape index (κ1) is 117. The molecular weight excluding hydrogens is 1800 g/mol. The minimum absolute atomic E-state index is 0.00870. The number of benzene rings is 3. The normalized spacial score (nSPS) is 14.7. The topological polar surface area (TPSA) is 865 Å². The second-order valence-corrected chi connectivity index (χ2v) is 33.5. The van der Waals surface area contributed by atoms with Crippen molar-refractivity contribution >= 4 is 118 Å². The van der Waals surface area contributed by atoms with Crippen molar-refractivity contribution in [1.82, 2.24) is 90.5 Å². The number of carbonyl (C=O) groups is 19. The number of guanidine groups is 1. The Bertz CT molecular complexity index is 4540. The van der Waals surface area contributed by atoms with Crippen molar-refractivity contribution in [2.75, 3.05) is 46.1 Å². The monoisotopic (exact) mass is 1940 g/mol.